The SMILES string of the molecule is O=C(O)CCN1C(=O)C(=O)/C(=C(\O)c2ccccc2)C1c1ccccc1Cl. The predicted molar refractivity (Wildman–Crippen MR) is 99.2 cm³/mol. The number of aliphatic carboxylic acids is 1. The van der Waals surface area contributed by atoms with Crippen LogP contribution in [-0.2, 0) is 14.4 Å². The average molecular weight is 386 g/mol. The highest BCUT2D eigenvalue weighted by Gasteiger charge is 2.46. The molecule has 2 aromatic carbocycles. The number of hydrogen-bond acceptors (Lipinski definition) is 4. The van der Waals surface area contributed by atoms with E-state index < -0.39 is 23.7 Å². The Kier molecular flexibility index (Phi) is 5.28. The summed E-state index contributed by atoms with van der Waals surface area (Å²) in [7, 11) is 0. The predicted octanol–water partition coefficient (Wildman–Crippen LogP) is 3.24. The van der Waals surface area contributed by atoms with Crippen LogP contribution in [0.2, 0.25) is 5.02 Å². The lowest BCUT2D eigenvalue weighted by Crippen LogP contribution is -2.32. The zero-order chi connectivity index (χ0) is 19.6. The lowest BCUT2D eigenvalue weighted by Gasteiger charge is -2.25. The van der Waals surface area contributed by atoms with Crippen LogP contribution in [0.5, 0.6) is 0 Å². The number of nitrogens with zero attached hydrogens (tertiary/aromatic N) is 1. The van der Waals surface area contributed by atoms with Gasteiger partial charge in [0.25, 0.3) is 11.7 Å². The van der Waals surface area contributed by atoms with Crippen molar-refractivity contribution < 1.29 is 24.6 Å². The van der Waals surface area contributed by atoms with E-state index in [1.807, 2.05) is 0 Å². The average Bonchev–Trinajstić information content (AvgIpc) is 2.91. The Bertz CT molecular complexity index is 938. The molecule has 2 aromatic rings. The Morgan fingerprint density at radius 2 is 1.63 bits per heavy atom. The molecule has 0 spiro atoms. The summed E-state index contributed by atoms with van der Waals surface area (Å²) >= 11 is 6.27. The van der Waals surface area contributed by atoms with E-state index in [4.69, 9.17) is 16.7 Å². The molecule has 0 aliphatic carbocycles. The van der Waals surface area contributed by atoms with Crippen LogP contribution in [0.25, 0.3) is 5.76 Å². The van der Waals surface area contributed by atoms with Gasteiger partial charge in [-0.25, -0.2) is 0 Å². The van der Waals surface area contributed by atoms with Crippen LogP contribution in [-0.4, -0.2) is 39.3 Å². The van der Waals surface area contributed by atoms with E-state index in [1.165, 1.54) is 0 Å². The molecule has 3 rings (SSSR count). The van der Waals surface area contributed by atoms with Crippen molar-refractivity contribution in [3.8, 4) is 0 Å². The molecule has 0 saturated carbocycles. The minimum absolute atomic E-state index is 0.107. The summed E-state index contributed by atoms with van der Waals surface area (Å²) < 4.78 is 0. The van der Waals surface area contributed by atoms with Crippen molar-refractivity contribution in [3.63, 3.8) is 0 Å². The first kappa shape index (κ1) is 18.7. The Morgan fingerprint density at radius 3 is 2.26 bits per heavy atom. The van der Waals surface area contributed by atoms with Crippen molar-refractivity contribution in [2.75, 3.05) is 6.54 Å². The lowest BCUT2D eigenvalue weighted by molar-refractivity contribution is -0.142. The van der Waals surface area contributed by atoms with E-state index in [2.05, 4.69) is 0 Å². The summed E-state index contributed by atoms with van der Waals surface area (Å²) in [6.07, 6.45) is -0.334. The summed E-state index contributed by atoms with van der Waals surface area (Å²) in [6.45, 7) is -0.179. The topological polar surface area (TPSA) is 94.9 Å². The molecule has 138 valence electrons. The summed E-state index contributed by atoms with van der Waals surface area (Å²) in [5.41, 5.74) is 0.719. The minimum atomic E-state index is -1.10. The highest BCUT2D eigenvalue weighted by Crippen LogP contribution is 2.41. The van der Waals surface area contributed by atoms with Gasteiger partial charge in [-0.3, -0.25) is 14.4 Å². The van der Waals surface area contributed by atoms with Gasteiger partial charge in [0.2, 0.25) is 0 Å². The number of benzene rings is 2. The summed E-state index contributed by atoms with van der Waals surface area (Å²) in [4.78, 5) is 37.4. The molecule has 1 fully saturated rings. The van der Waals surface area contributed by atoms with Gasteiger partial charge in [-0.2, -0.15) is 0 Å². The van der Waals surface area contributed by atoms with Crippen molar-refractivity contribution >= 4 is 35.0 Å². The molecule has 0 aromatic heterocycles. The maximum absolute atomic E-state index is 12.7. The normalized spacial score (nSPS) is 18.7. The Balaban J connectivity index is 2.18. The number of carbonyl (C=O) groups excluding carboxylic acids is 2. The first-order valence-corrected chi connectivity index (χ1v) is 8.59. The van der Waals surface area contributed by atoms with Gasteiger partial charge in [0.1, 0.15) is 5.76 Å². The van der Waals surface area contributed by atoms with Gasteiger partial charge in [-0.05, 0) is 11.6 Å². The zero-order valence-corrected chi connectivity index (χ0v) is 14.9. The molecule has 0 radical (unpaired) electrons. The molecule has 1 aliphatic rings. The van der Waals surface area contributed by atoms with Crippen molar-refractivity contribution in [2.45, 2.75) is 12.5 Å². The molecule has 1 unspecified atom stereocenters. The number of halogens is 1. The number of carbonyl (C=O) groups is 3. The molecule has 27 heavy (non-hydrogen) atoms. The highest BCUT2D eigenvalue weighted by atomic mass is 35.5. The van der Waals surface area contributed by atoms with Gasteiger partial charge in [-0.15, -0.1) is 0 Å². The van der Waals surface area contributed by atoms with Crippen LogP contribution in [0.4, 0.5) is 0 Å². The molecule has 6 nitrogen and oxygen atoms in total. The molecule has 1 saturated heterocycles. The van der Waals surface area contributed by atoms with E-state index in [-0.39, 0.29) is 24.3 Å². The van der Waals surface area contributed by atoms with Gasteiger partial charge in [0.15, 0.2) is 0 Å². The summed E-state index contributed by atoms with van der Waals surface area (Å²) in [6, 6.07) is 14.1. The maximum Gasteiger partial charge on any atom is 0.305 e. The van der Waals surface area contributed by atoms with Crippen LogP contribution < -0.4 is 0 Å². The summed E-state index contributed by atoms with van der Waals surface area (Å²) in [5.74, 6) is -3.15. The third kappa shape index (κ3) is 3.57. The van der Waals surface area contributed by atoms with Crippen LogP contribution in [0.1, 0.15) is 23.6 Å². The van der Waals surface area contributed by atoms with Crippen molar-refractivity contribution in [1.29, 1.82) is 0 Å². The van der Waals surface area contributed by atoms with E-state index in [0.29, 0.717) is 16.1 Å². The number of aliphatic hydroxyl groups excluding tert-OH is 1. The van der Waals surface area contributed by atoms with Gasteiger partial charge in [0.05, 0.1) is 18.0 Å². The van der Waals surface area contributed by atoms with Crippen LogP contribution in [0.3, 0.4) is 0 Å². The lowest BCUT2D eigenvalue weighted by atomic mass is 9.95. The fourth-order valence-electron chi connectivity index (χ4n) is 3.10. The fraction of sp³-hybridized carbons (Fsp3) is 0.150. The van der Waals surface area contributed by atoms with Crippen LogP contribution in [0, 0.1) is 0 Å². The van der Waals surface area contributed by atoms with E-state index in [0.717, 1.165) is 4.90 Å². The van der Waals surface area contributed by atoms with Gasteiger partial charge in [0, 0.05) is 17.1 Å². The Labute approximate surface area is 160 Å². The molecular weight excluding hydrogens is 370 g/mol. The highest BCUT2D eigenvalue weighted by molar-refractivity contribution is 6.47. The number of aliphatic hydroxyl groups is 1. The monoisotopic (exact) mass is 385 g/mol. The zero-order valence-electron chi connectivity index (χ0n) is 14.1. The summed E-state index contributed by atoms with van der Waals surface area (Å²) in [5, 5.41) is 20.0. The number of hydrogen-bond donors (Lipinski definition) is 2. The molecule has 1 amide bonds. The number of rotatable bonds is 5. The van der Waals surface area contributed by atoms with E-state index >= 15 is 0 Å². The maximum atomic E-state index is 12.7. The minimum Gasteiger partial charge on any atom is -0.507 e. The second-order valence-electron chi connectivity index (χ2n) is 6.02. The van der Waals surface area contributed by atoms with Crippen LogP contribution in [0.15, 0.2) is 60.2 Å². The smallest absolute Gasteiger partial charge is 0.305 e. The van der Waals surface area contributed by atoms with Crippen molar-refractivity contribution in [2.24, 2.45) is 0 Å². The third-order valence-corrected chi connectivity index (χ3v) is 4.70. The first-order chi connectivity index (χ1) is 12.9. The fourth-order valence-corrected chi connectivity index (χ4v) is 3.34. The number of Topliss-reactive ketones (excluding diaryl/α,β-unsaturated/α-hetero) is 1. The second kappa shape index (κ2) is 7.63. The number of ketones is 1. The first-order valence-electron chi connectivity index (χ1n) is 8.22. The molecule has 0 bridgehead atoms. The van der Waals surface area contributed by atoms with Crippen molar-refractivity contribution in [3.05, 3.63) is 76.3 Å². The number of amides is 1. The number of likely N-dealkylation sites (tertiary alicyclic amines) is 1. The van der Waals surface area contributed by atoms with Crippen molar-refractivity contribution in [1.82, 2.24) is 4.90 Å². The van der Waals surface area contributed by atoms with Gasteiger partial charge >= 0.3 is 5.97 Å². The van der Waals surface area contributed by atoms with Gasteiger partial charge < -0.3 is 15.1 Å². The largest absolute Gasteiger partial charge is 0.507 e. The van der Waals surface area contributed by atoms with Crippen LogP contribution >= 0.6 is 11.6 Å². The molecule has 2 N–H and O–H groups in total. The molecule has 7 heteroatoms. The molecule has 1 atom stereocenters. The van der Waals surface area contributed by atoms with E-state index in [9.17, 15) is 19.5 Å². The third-order valence-electron chi connectivity index (χ3n) is 4.35. The second-order valence-corrected chi connectivity index (χ2v) is 6.43. The molecule has 1 heterocycles. The van der Waals surface area contributed by atoms with E-state index in [1.54, 1.807) is 54.6 Å². The quantitative estimate of drug-likeness (QED) is 0.468. The Hall–Kier alpha value is -3.12. The Morgan fingerprint density at radius 1 is 1.00 bits per heavy atom. The standard InChI is InChI=1S/C20H16ClNO5/c21-14-9-5-4-8-13(14)17-16(18(25)12-6-2-1-3-7-12)19(26)20(27)22(17)11-10-15(23)24/h1-9,17,25H,10-11H2,(H,23,24)/b18-16-. The number of carboxylic acid groups (broad SMARTS) is 1. The number of carboxylic acids is 1. The molecular formula is C20H16ClNO5. The molecule has 1 aliphatic heterocycles. The van der Waals surface area contributed by atoms with Gasteiger partial charge in [-0.1, -0.05) is 60.1 Å².